The predicted octanol–water partition coefficient (Wildman–Crippen LogP) is -0.440. The average molecular weight is 301 g/mol. The Balaban J connectivity index is 2.13. The van der Waals surface area contributed by atoms with Crippen LogP contribution in [0, 0.1) is 6.57 Å². The van der Waals surface area contributed by atoms with E-state index in [1.54, 1.807) is 5.38 Å². The van der Waals surface area contributed by atoms with Crippen LogP contribution in [0.4, 0.5) is 10.9 Å². The minimum Gasteiger partial charge on any atom is -0.394 e. The van der Waals surface area contributed by atoms with Gasteiger partial charge in [0.1, 0.15) is 24.4 Å². The maximum absolute atomic E-state index is 10.1. The zero-order valence-electron chi connectivity index (χ0n) is 10.6. The molecule has 2 rings (SSSR count). The van der Waals surface area contributed by atoms with Crippen molar-refractivity contribution in [3.05, 3.63) is 16.8 Å². The monoisotopic (exact) mass is 301 g/mol. The van der Waals surface area contributed by atoms with Gasteiger partial charge in [-0.15, -0.1) is 0 Å². The number of nitrogens with one attached hydrogen (secondary N) is 1. The molecule has 0 amide bonds. The van der Waals surface area contributed by atoms with Crippen molar-refractivity contribution in [1.82, 2.24) is 4.98 Å². The number of anilines is 1. The lowest BCUT2D eigenvalue weighted by atomic mass is 9.97. The molecule has 8 nitrogen and oxygen atoms in total. The second kappa shape index (κ2) is 6.45. The number of thiazole rings is 1. The molecule has 0 aliphatic carbocycles. The normalized spacial score (nSPS) is 33.6. The van der Waals surface area contributed by atoms with Crippen LogP contribution in [0.3, 0.4) is 0 Å². The molecular weight excluding hydrogens is 286 g/mol. The Bertz CT molecular complexity index is 489. The Morgan fingerprint density at radius 2 is 2.30 bits per heavy atom. The Morgan fingerprint density at radius 1 is 1.55 bits per heavy atom. The summed E-state index contributed by atoms with van der Waals surface area (Å²) in [5, 5.41) is 33.9. The fraction of sp³-hybridized carbons (Fsp3) is 0.636. The molecule has 0 spiro atoms. The number of hydrogen-bond acceptors (Lipinski definition) is 8. The van der Waals surface area contributed by atoms with Crippen LogP contribution >= 0.6 is 11.3 Å². The third-order valence-corrected chi connectivity index (χ3v) is 3.77. The van der Waals surface area contributed by atoms with Crippen LogP contribution in [0.25, 0.3) is 4.85 Å². The summed E-state index contributed by atoms with van der Waals surface area (Å²) in [5.74, 6) is 0.242. The van der Waals surface area contributed by atoms with Crippen LogP contribution in [0.15, 0.2) is 5.38 Å². The van der Waals surface area contributed by atoms with Gasteiger partial charge in [-0.05, 0) is 0 Å². The highest BCUT2D eigenvalue weighted by atomic mass is 32.1. The average Bonchev–Trinajstić information content (AvgIpc) is 2.92. The van der Waals surface area contributed by atoms with E-state index in [-0.39, 0.29) is 5.82 Å². The van der Waals surface area contributed by atoms with Crippen LogP contribution in [-0.4, -0.2) is 64.7 Å². The maximum atomic E-state index is 10.1. The third-order valence-electron chi connectivity index (χ3n) is 3.01. The summed E-state index contributed by atoms with van der Waals surface area (Å²) in [6, 6.07) is -0.762. The first-order valence-corrected chi connectivity index (χ1v) is 6.73. The van der Waals surface area contributed by atoms with Gasteiger partial charge < -0.3 is 35.0 Å². The first-order valence-electron chi connectivity index (χ1n) is 5.85. The molecule has 5 atom stereocenters. The van der Waals surface area contributed by atoms with E-state index >= 15 is 0 Å². The summed E-state index contributed by atoms with van der Waals surface area (Å²) in [4.78, 5) is 7.17. The van der Waals surface area contributed by atoms with Crippen LogP contribution in [-0.2, 0) is 9.47 Å². The summed E-state index contributed by atoms with van der Waals surface area (Å²) in [7, 11) is 1.39. The molecule has 0 bridgehead atoms. The summed E-state index contributed by atoms with van der Waals surface area (Å²) < 4.78 is 10.5. The molecule has 9 heteroatoms. The molecule has 0 saturated carbocycles. The molecule has 0 unspecified atom stereocenters. The van der Waals surface area contributed by atoms with E-state index in [0.29, 0.717) is 5.13 Å². The highest BCUT2D eigenvalue weighted by molar-refractivity contribution is 7.14. The molecular formula is C11H15N3O5S. The molecule has 4 N–H and O–H groups in total. The lowest BCUT2D eigenvalue weighted by Gasteiger charge is -2.41. The quantitative estimate of drug-likeness (QED) is 0.558. The van der Waals surface area contributed by atoms with E-state index in [1.807, 2.05) is 0 Å². The van der Waals surface area contributed by atoms with Gasteiger partial charge in [0.15, 0.2) is 6.29 Å². The molecule has 0 radical (unpaired) electrons. The van der Waals surface area contributed by atoms with Crippen LogP contribution in [0.1, 0.15) is 0 Å². The van der Waals surface area contributed by atoms with E-state index in [9.17, 15) is 10.2 Å². The Hall–Kier alpha value is -1.28. The number of aromatic nitrogens is 1. The molecule has 110 valence electrons. The second-order valence-corrected chi connectivity index (χ2v) is 5.09. The van der Waals surface area contributed by atoms with Gasteiger partial charge in [0, 0.05) is 12.5 Å². The number of rotatable bonds is 4. The van der Waals surface area contributed by atoms with Gasteiger partial charge in [-0.1, -0.05) is 22.9 Å². The van der Waals surface area contributed by atoms with E-state index in [1.165, 1.54) is 18.4 Å². The smallest absolute Gasteiger partial charge is 0.282 e. The fourth-order valence-corrected chi connectivity index (χ4v) is 2.64. The molecule has 1 saturated heterocycles. The topological polar surface area (TPSA) is 108 Å². The lowest BCUT2D eigenvalue weighted by molar-refractivity contribution is -0.254. The molecule has 1 aromatic rings. The van der Waals surface area contributed by atoms with Crippen molar-refractivity contribution in [3.63, 3.8) is 0 Å². The number of ether oxygens (including phenoxy) is 2. The predicted molar refractivity (Wildman–Crippen MR) is 70.6 cm³/mol. The SMILES string of the molecule is [C-]#[N+]c1csc(N[C@H]2[C@H](OC)O[C@H](CO)[C@H](O)[C@@H]2O)n1. The lowest BCUT2D eigenvalue weighted by Crippen LogP contribution is -2.61. The van der Waals surface area contributed by atoms with E-state index in [4.69, 9.17) is 21.2 Å². The van der Waals surface area contributed by atoms with Gasteiger partial charge in [0.2, 0.25) is 0 Å². The van der Waals surface area contributed by atoms with Crippen LogP contribution in [0.2, 0.25) is 0 Å². The van der Waals surface area contributed by atoms with Gasteiger partial charge in [-0.25, -0.2) is 0 Å². The minimum atomic E-state index is -1.25. The maximum Gasteiger partial charge on any atom is 0.282 e. The van der Waals surface area contributed by atoms with E-state index < -0.39 is 37.3 Å². The van der Waals surface area contributed by atoms with Crippen LogP contribution in [0.5, 0.6) is 0 Å². The van der Waals surface area contributed by atoms with Gasteiger partial charge in [0.05, 0.1) is 6.61 Å². The van der Waals surface area contributed by atoms with Crippen molar-refractivity contribution in [2.75, 3.05) is 19.0 Å². The molecule has 1 aliphatic rings. The van der Waals surface area contributed by atoms with Crippen molar-refractivity contribution in [3.8, 4) is 0 Å². The van der Waals surface area contributed by atoms with Crippen molar-refractivity contribution in [1.29, 1.82) is 0 Å². The Labute approximate surface area is 119 Å². The standard InChI is InChI=1S/C11H15N3O5S/c1-12-6-4-20-11(13-6)14-7-9(17)8(16)5(3-15)19-10(7)18-2/h4-5,7-10,15-17H,3H2,2H3,(H,13,14)/t5-,7-,8+,9-,10-/m1/s1. The second-order valence-electron chi connectivity index (χ2n) is 4.24. The van der Waals surface area contributed by atoms with Gasteiger partial charge in [-0.3, -0.25) is 0 Å². The van der Waals surface area contributed by atoms with Crippen molar-refractivity contribution in [2.24, 2.45) is 0 Å². The highest BCUT2D eigenvalue weighted by Crippen LogP contribution is 2.27. The molecule has 0 aromatic carbocycles. The number of aliphatic hydroxyl groups is 3. The molecule has 1 aliphatic heterocycles. The number of hydrogen-bond donors (Lipinski definition) is 4. The first-order chi connectivity index (χ1) is 9.60. The largest absolute Gasteiger partial charge is 0.394 e. The summed E-state index contributed by atoms with van der Waals surface area (Å²) in [5.41, 5.74) is 0. The number of nitrogens with zero attached hydrogens (tertiary/aromatic N) is 2. The van der Waals surface area contributed by atoms with E-state index in [0.717, 1.165) is 0 Å². The van der Waals surface area contributed by atoms with Gasteiger partial charge in [-0.2, -0.15) is 0 Å². The molecule has 1 fully saturated rings. The molecule has 2 heterocycles. The van der Waals surface area contributed by atoms with Crippen molar-refractivity contribution < 1.29 is 24.8 Å². The van der Waals surface area contributed by atoms with Crippen molar-refractivity contribution >= 4 is 22.3 Å². The third kappa shape index (κ3) is 2.90. The zero-order chi connectivity index (χ0) is 14.7. The molecule has 20 heavy (non-hydrogen) atoms. The van der Waals surface area contributed by atoms with E-state index in [2.05, 4.69) is 15.1 Å². The minimum absolute atomic E-state index is 0.242. The fourth-order valence-electron chi connectivity index (χ4n) is 1.96. The molecule has 1 aromatic heterocycles. The number of methoxy groups -OCH3 is 1. The summed E-state index contributed by atoms with van der Waals surface area (Å²) in [6.07, 6.45) is -4.22. The van der Waals surface area contributed by atoms with Gasteiger partial charge in [0.25, 0.3) is 10.9 Å². The zero-order valence-corrected chi connectivity index (χ0v) is 11.4. The first kappa shape index (κ1) is 15.1. The Morgan fingerprint density at radius 3 is 2.85 bits per heavy atom. The summed E-state index contributed by atoms with van der Waals surface area (Å²) in [6.45, 7) is 6.42. The number of aliphatic hydroxyl groups excluding tert-OH is 3. The van der Waals surface area contributed by atoms with Gasteiger partial charge >= 0.3 is 0 Å². The Kier molecular flexibility index (Phi) is 4.87. The van der Waals surface area contributed by atoms with Crippen molar-refractivity contribution in [2.45, 2.75) is 30.6 Å². The van der Waals surface area contributed by atoms with Crippen LogP contribution < -0.4 is 5.32 Å². The highest BCUT2D eigenvalue weighted by Gasteiger charge is 2.45. The summed E-state index contributed by atoms with van der Waals surface area (Å²) >= 11 is 1.20.